The summed E-state index contributed by atoms with van der Waals surface area (Å²) in [5, 5.41) is 12.2. The van der Waals surface area contributed by atoms with Gasteiger partial charge in [0.25, 0.3) is 5.56 Å². The van der Waals surface area contributed by atoms with Gasteiger partial charge in [-0.2, -0.15) is 9.78 Å². The van der Waals surface area contributed by atoms with Crippen LogP contribution in [0.5, 0.6) is 0 Å². The zero-order valence-electron chi connectivity index (χ0n) is 18.4. The third-order valence-corrected chi connectivity index (χ3v) is 6.56. The van der Waals surface area contributed by atoms with Gasteiger partial charge in [0.15, 0.2) is 0 Å². The van der Waals surface area contributed by atoms with Crippen molar-refractivity contribution in [3.05, 3.63) is 79.8 Å². The predicted molar refractivity (Wildman–Crippen MR) is 132 cm³/mol. The Morgan fingerprint density at radius 2 is 1.91 bits per heavy atom. The Morgan fingerprint density at radius 3 is 2.67 bits per heavy atom. The minimum absolute atomic E-state index is 0.0568. The lowest BCUT2D eigenvalue weighted by atomic mass is 9.85. The lowest BCUT2D eigenvalue weighted by Gasteiger charge is -2.34. The zero-order chi connectivity index (χ0) is 23.3. The molecule has 1 aliphatic rings. The zero-order valence-corrected chi connectivity index (χ0v) is 19.9. The van der Waals surface area contributed by atoms with Gasteiger partial charge in [-0.05, 0) is 69.1 Å². The second-order valence-electron chi connectivity index (χ2n) is 8.63. The molecule has 33 heavy (non-hydrogen) atoms. The molecule has 2 N–H and O–H groups in total. The quantitative estimate of drug-likeness (QED) is 0.433. The molecule has 0 unspecified atom stereocenters. The SMILES string of the molecule is Cc1nn(-c2c(Cl)cccc2Cl)c(=O)c2cnc(Nc3ccc4c(c3)CCNC4(C)C)nc12. The molecule has 0 fully saturated rings. The van der Waals surface area contributed by atoms with Gasteiger partial charge in [-0.15, -0.1) is 0 Å². The molecule has 3 heterocycles. The summed E-state index contributed by atoms with van der Waals surface area (Å²) in [6.45, 7) is 7.09. The van der Waals surface area contributed by atoms with E-state index in [2.05, 4.69) is 51.7 Å². The highest BCUT2D eigenvalue weighted by Gasteiger charge is 2.26. The van der Waals surface area contributed by atoms with E-state index in [-0.39, 0.29) is 11.1 Å². The third kappa shape index (κ3) is 3.86. The summed E-state index contributed by atoms with van der Waals surface area (Å²) in [4.78, 5) is 22.1. The van der Waals surface area contributed by atoms with E-state index in [0.29, 0.717) is 38.3 Å². The summed E-state index contributed by atoms with van der Waals surface area (Å²) < 4.78 is 1.21. The molecular weight excluding hydrogens is 459 g/mol. The van der Waals surface area contributed by atoms with Crippen molar-refractivity contribution in [3.63, 3.8) is 0 Å². The molecule has 0 bridgehead atoms. The Kier molecular flexibility index (Phi) is 5.35. The van der Waals surface area contributed by atoms with Gasteiger partial charge in [0.1, 0.15) is 11.2 Å². The Balaban J connectivity index is 1.54. The molecule has 2 aromatic heterocycles. The molecule has 168 valence electrons. The predicted octanol–water partition coefficient (Wildman–Crippen LogP) is 4.92. The van der Waals surface area contributed by atoms with Gasteiger partial charge in [0.05, 0.1) is 21.1 Å². The van der Waals surface area contributed by atoms with E-state index >= 15 is 0 Å². The molecule has 5 rings (SSSR count). The Hall–Kier alpha value is -3.00. The van der Waals surface area contributed by atoms with Crippen molar-refractivity contribution in [2.75, 3.05) is 11.9 Å². The lowest BCUT2D eigenvalue weighted by molar-refractivity contribution is 0.382. The van der Waals surface area contributed by atoms with Crippen LogP contribution in [0.1, 0.15) is 30.7 Å². The first-order chi connectivity index (χ1) is 15.7. The highest BCUT2D eigenvalue weighted by Crippen LogP contribution is 2.31. The summed E-state index contributed by atoms with van der Waals surface area (Å²) in [5.41, 5.74) is 4.40. The fourth-order valence-electron chi connectivity index (χ4n) is 4.30. The van der Waals surface area contributed by atoms with Crippen LogP contribution in [0.4, 0.5) is 11.6 Å². The first-order valence-electron chi connectivity index (χ1n) is 10.6. The molecule has 0 radical (unpaired) electrons. The molecule has 0 saturated heterocycles. The molecular formula is C24H22Cl2N6O. The lowest BCUT2D eigenvalue weighted by Crippen LogP contribution is -2.42. The average Bonchev–Trinajstić information content (AvgIpc) is 2.76. The Labute approximate surface area is 200 Å². The normalized spacial score (nSPS) is 14.8. The second kappa shape index (κ2) is 8.09. The first-order valence-corrected chi connectivity index (χ1v) is 11.4. The fraction of sp³-hybridized carbons (Fsp3) is 0.250. The number of rotatable bonds is 3. The summed E-state index contributed by atoms with van der Waals surface area (Å²) in [7, 11) is 0. The number of nitrogens with zero attached hydrogens (tertiary/aromatic N) is 4. The van der Waals surface area contributed by atoms with Crippen LogP contribution in [0.2, 0.25) is 10.0 Å². The van der Waals surface area contributed by atoms with Crippen LogP contribution >= 0.6 is 23.2 Å². The molecule has 4 aromatic rings. The van der Waals surface area contributed by atoms with Crippen molar-refractivity contribution in [2.24, 2.45) is 0 Å². The van der Waals surface area contributed by atoms with Crippen LogP contribution in [0.25, 0.3) is 16.6 Å². The molecule has 0 atom stereocenters. The summed E-state index contributed by atoms with van der Waals surface area (Å²) >= 11 is 12.6. The van der Waals surface area contributed by atoms with Crippen LogP contribution < -0.4 is 16.2 Å². The maximum Gasteiger partial charge on any atom is 0.282 e. The number of aryl methyl sites for hydroxylation is 1. The van der Waals surface area contributed by atoms with E-state index in [9.17, 15) is 4.79 Å². The number of aromatic nitrogens is 4. The largest absolute Gasteiger partial charge is 0.324 e. The maximum absolute atomic E-state index is 13.2. The van der Waals surface area contributed by atoms with Crippen LogP contribution in [0.3, 0.4) is 0 Å². The highest BCUT2D eigenvalue weighted by molar-refractivity contribution is 6.37. The number of hydrogen-bond acceptors (Lipinski definition) is 6. The highest BCUT2D eigenvalue weighted by atomic mass is 35.5. The minimum Gasteiger partial charge on any atom is -0.324 e. The van der Waals surface area contributed by atoms with E-state index in [1.165, 1.54) is 22.0 Å². The molecule has 0 saturated carbocycles. The van der Waals surface area contributed by atoms with Gasteiger partial charge in [-0.1, -0.05) is 35.3 Å². The molecule has 2 aromatic carbocycles. The summed E-state index contributed by atoms with van der Waals surface area (Å²) in [6.07, 6.45) is 2.47. The minimum atomic E-state index is -0.388. The molecule has 7 nitrogen and oxygen atoms in total. The second-order valence-corrected chi connectivity index (χ2v) is 9.44. The van der Waals surface area contributed by atoms with Crippen molar-refractivity contribution in [3.8, 4) is 5.69 Å². The summed E-state index contributed by atoms with van der Waals surface area (Å²) in [6, 6.07) is 11.3. The van der Waals surface area contributed by atoms with Crippen molar-refractivity contribution in [1.29, 1.82) is 0 Å². The fourth-order valence-corrected chi connectivity index (χ4v) is 4.85. The number of hydrogen-bond donors (Lipinski definition) is 2. The Morgan fingerprint density at radius 1 is 1.15 bits per heavy atom. The topological polar surface area (TPSA) is 84.7 Å². The molecule has 0 spiro atoms. The molecule has 0 amide bonds. The number of fused-ring (bicyclic) bond motifs is 2. The van der Waals surface area contributed by atoms with Gasteiger partial charge in [0, 0.05) is 17.4 Å². The van der Waals surface area contributed by atoms with Crippen LogP contribution in [0, 0.1) is 6.92 Å². The standard InChI is InChI=1S/C24H22Cl2N6O/c1-13-20-16(22(33)32(31-13)21-18(25)5-4-6-19(21)26)12-27-23(30-20)29-15-7-8-17-14(11-15)9-10-28-24(17,2)3/h4-8,11-12,28H,9-10H2,1-3H3,(H,27,29,30). The van der Waals surface area contributed by atoms with E-state index in [4.69, 9.17) is 23.2 Å². The summed E-state index contributed by atoms with van der Waals surface area (Å²) in [5.74, 6) is 0.397. The van der Waals surface area contributed by atoms with Crippen molar-refractivity contribution in [1.82, 2.24) is 25.1 Å². The molecule has 0 aliphatic carbocycles. The number of benzene rings is 2. The monoisotopic (exact) mass is 480 g/mol. The Bertz CT molecular complexity index is 1440. The number of nitrogens with one attached hydrogen (secondary N) is 2. The van der Waals surface area contributed by atoms with E-state index in [0.717, 1.165) is 18.7 Å². The van der Waals surface area contributed by atoms with Gasteiger partial charge >= 0.3 is 0 Å². The smallest absolute Gasteiger partial charge is 0.282 e. The third-order valence-electron chi connectivity index (χ3n) is 5.95. The number of para-hydroxylation sites is 1. The van der Waals surface area contributed by atoms with Gasteiger partial charge in [-0.3, -0.25) is 4.79 Å². The number of halogens is 2. The first kappa shape index (κ1) is 21.8. The average molecular weight is 481 g/mol. The van der Waals surface area contributed by atoms with Gasteiger partial charge < -0.3 is 10.6 Å². The molecule has 1 aliphatic heterocycles. The van der Waals surface area contributed by atoms with Gasteiger partial charge in [0.2, 0.25) is 5.95 Å². The van der Waals surface area contributed by atoms with Crippen molar-refractivity contribution < 1.29 is 0 Å². The van der Waals surface area contributed by atoms with Crippen molar-refractivity contribution >= 4 is 45.7 Å². The van der Waals surface area contributed by atoms with Crippen LogP contribution in [-0.2, 0) is 12.0 Å². The van der Waals surface area contributed by atoms with Crippen molar-refractivity contribution in [2.45, 2.75) is 32.7 Å². The number of anilines is 2. The maximum atomic E-state index is 13.2. The van der Waals surface area contributed by atoms with E-state index in [1.54, 1.807) is 25.1 Å². The van der Waals surface area contributed by atoms with E-state index < -0.39 is 0 Å². The van der Waals surface area contributed by atoms with Crippen LogP contribution in [-0.4, -0.2) is 26.3 Å². The molecule has 9 heteroatoms. The van der Waals surface area contributed by atoms with Gasteiger partial charge in [-0.25, -0.2) is 9.97 Å². The van der Waals surface area contributed by atoms with Crippen LogP contribution in [0.15, 0.2) is 47.4 Å². The van der Waals surface area contributed by atoms with E-state index in [1.807, 2.05) is 6.07 Å².